The standard InChI is InChI=1S/C8H12N4/c1-9-7-11-10-6-2-3-8(4-5-8)12(6)7/h2-5H2,1H3,(H,9,11). The molecule has 0 bridgehead atoms. The zero-order valence-electron chi connectivity index (χ0n) is 7.17. The molecule has 0 amide bonds. The van der Waals surface area contributed by atoms with Crippen molar-refractivity contribution < 1.29 is 0 Å². The van der Waals surface area contributed by atoms with Crippen LogP contribution in [0.1, 0.15) is 25.1 Å². The fourth-order valence-electron chi connectivity index (χ4n) is 2.21. The minimum absolute atomic E-state index is 0.428. The van der Waals surface area contributed by atoms with Gasteiger partial charge < -0.3 is 5.32 Å². The van der Waals surface area contributed by atoms with Crippen LogP contribution in [-0.2, 0) is 12.0 Å². The summed E-state index contributed by atoms with van der Waals surface area (Å²) in [6.45, 7) is 0. The van der Waals surface area contributed by atoms with Gasteiger partial charge in [0.25, 0.3) is 0 Å². The van der Waals surface area contributed by atoms with Gasteiger partial charge in [0.2, 0.25) is 5.95 Å². The Morgan fingerprint density at radius 1 is 1.33 bits per heavy atom. The lowest BCUT2D eigenvalue weighted by Gasteiger charge is -2.11. The number of fused-ring (bicyclic) bond motifs is 2. The van der Waals surface area contributed by atoms with E-state index in [1.165, 1.54) is 19.3 Å². The van der Waals surface area contributed by atoms with Gasteiger partial charge in [-0.05, 0) is 19.3 Å². The van der Waals surface area contributed by atoms with E-state index in [1.54, 1.807) is 0 Å². The molecule has 3 rings (SSSR count). The highest BCUT2D eigenvalue weighted by molar-refractivity contribution is 5.32. The molecule has 1 aromatic rings. The maximum absolute atomic E-state index is 4.15. The Balaban J connectivity index is 2.17. The van der Waals surface area contributed by atoms with E-state index < -0.39 is 0 Å². The minimum Gasteiger partial charge on any atom is -0.357 e. The Morgan fingerprint density at radius 3 is 2.83 bits per heavy atom. The Labute approximate surface area is 71.0 Å². The second kappa shape index (κ2) is 1.81. The van der Waals surface area contributed by atoms with Crippen LogP contribution in [0.3, 0.4) is 0 Å². The van der Waals surface area contributed by atoms with Gasteiger partial charge in [-0.15, -0.1) is 10.2 Å². The van der Waals surface area contributed by atoms with Crippen LogP contribution in [0.5, 0.6) is 0 Å². The summed E-state index contributed by atoms with van der Waals surface area (Å²) in [5, 5.41) is 11.3. The molecule has 0 unspecified atom stereocenters. The molecule has 12 heavy (non-hydrogen) atoms. The minimum atomic E-state index is 0.428. The molecule has 4 heteroatoms. The van der Waals surface area contributed by atoms with Gasteiger partial charge >= 0.3 is 0 Å². The summed E-state index contributed by atoms with van der Waals surface area (Å²) in [7, 11) is 1.91. The van der Waals surface area contributed by atoms with E-state index in [2.05, 4.69) is 20.1 Å². The van der Waals surface area contributed by atoms with Crippen LogP contribution in [0.25, 0.3) is 0 Å². The molecule has 4 nitrogen and oxygen atoms in total. The van der Waals surface area contributed by atoms with Crippen molar-refractivity contribution in [3.05, 3.63) is 5.82 Å². The summed E-state index contributed by atoms with van der Waals surface area (Å²) >= 11 is 0. The third-order valence-electron chi connectivity index (χ3n) is 3.07. The molecule has 1 fully saturated rings. The van der Waals surface area contributed by atoms with Crippen molar-refractivity contribution in [2.45, 2.75) is 31.2 Å². The smallest absolute Gasteiger partial charge is 0.224 e. The van der Waals surface area contributed by atoms with Gasteiger partial charge in [-0.2, -0.15) is 0 Å². The highest BCUT2D eigenvalue weighted by Crippen LogP contribution is 2.52. The van der Waals surface area contributed by atoms with E-state index in [0.717, 1.165) is 18.2 Å². The molecule has 1 aliphatic heterocycles. The third kappa shape index (κ3) is 0.589. The maximum Gasteiger partial charge on any atom is 0.224 e. The van der Waals surface area contributed by atoms with Crippen LogP contribution in [0.2, 0.25) is 0 Å². The Kier molecular flexibility index (Phi) is 0.975. The fraction of sp³-hybridized carbons (Fsp3) is 0.750. The van der Waals surface area contributed by atoms with Crippen LogP contribution < -0.4 is 5.32 Å². The molecule has 2 heterocycles. The molecular formula is C8H12N4. The van der Waals surface area contributed by atoms with Gasteiger partial charge in [0, 0.05) is 19.0 Å². The summed E-state index contributed by atoms with van der Waals surface area (Å²) in [5.74, 6) is 2.11. The second-order valence-electron chi connectivity index (χ2n) is 3.75. The molecule has 0 saturated heterocycles. The van der Waals surface area contributed by atoms with E-state index in [0.29, 0.717) is 5.54 Å². The van der Waals surface area contributed by atoms with E-state index in [1.807, 2.05) is 7.05 Å². The first-order valence-electron chi connectivity index (χ1n) is 4.48. The fourth-order valence-corrected chi connectivity index (χ4v) is 2.21. The normalized spacial score (nSPS) is 22.8. The third-order valence-corrected chi connectivity index (χ3v) is 3.07. The number of rotatable bonds is 1. The van der Waals surface area contributed by atoms with Crippen molar-refractivity contribution >= 4 is 5.95 Å². The van der Waals surface area contributed by atoms with Gasteiger partial charge in [-0.3, -0.25) is 4.57 Å². The molecule has 0 radical (unpaired) electrons. The number of hydrogen-bond donors (Lipinski definition) is 1. The number of hydrogen-bond acceptors (Lipinski definition) is 3. The van der Waals surface area contributed by atoms with Crippen LogP contribution in [0.15, 0.2) is 0 Å². The lowest BCUT2D eigenvalue weighted by molar-refractivity contribution is 0.513. The highest BCUT2D eigenvalue weighted by Gasteiger charge is 2.50. The highest BCUT2D eigenvalue weighted by atomic mass is 15.4. The number of aromatic nitrogens is 3. The van der Waals surface area contributed by atoms with Crippen molar-refractivity contribution in [2.24, 2.45) is 0 Å². The molecule has 64 valence electrons. The Bertz CT molecular complexity index is 324. The molecule has 0 aromatic carbocycles. The quantitative estimate of drug-likeness (QED) is 0.666. The largest absolute Gasteiger partial charge is 0.357 e. The summed E-state index contributed by atoms with van der Waals surface area (Å²) in [4.78, 5) is 0. The number of anilines is 1. The second-order valence-corrected chi connectivity index (χ2v) is 3.75. The lowest BCUT2D eigenvalue weighted by atomic mass is 10.2. The summed E-state index contributed by atoms with van der Waals surface area (Å²) in [6.07, 6.45) is 5.00. The monoisotopic (exact) mass is 164 g/mol. The predicted octanol–water partition coefficient (Wildman–Crippen LogP) is 0.755. The van der Waals surface area contributed by atoms with Crippen molar-refractivity contribution in [1.29, 1.82) is 0 Å². The predicted molar refractivity (Wildman–Crippen MR) is 45.1 cm³/mol. The van der Waals surface area contributed by atoms with E-state index in [4.69, 9.17) is 0 Å². The SMILES string of the molecule is CNc1nnc2n1C1(CC2)CC1. The van der Waals surface area contributed by atoms with Gasteiger partial charge in [0.15, 0.2) is 0 Å². The van der Waals surface area contributed by atoms with Crippen LogP contribution in [0.4, 0.5) is 5.95 Å². The molecule has 0 atom stereocenters. The average molecular weight is 164 g/mol. The summed E-state index contributed by atoms with van der Waals surface area (Å²) < 4.78 is 2.30. The van der Waals surface area contributed by atoms with E-state index >= 15 is 0 Å². The molecule has 1 aromatic heterocycles. The zero-order chi connectivity index (χ0) is 8.18. The first-order chi connectivity index (χ1) is 5.86. The summed E-state index contributed by atoms with van der Waals surface area (Å²) in [6, 6.07) is 0. The Hall–Kier alpha value is -1.06. The number of nitrogens with zero attached hydrogens (tertiary/aromatic N) is 3. The van der Waals surface area contributed by atoms with Crippen LogP contribution in [0, 0.1) is 0 Å². The maximum atomic E-state index is 4.15. The lowest BCUT2D eigenvalue weighted by Crippen LogP contribution is -2.14. The van der Waals surface area contributed by atoms with Gasteiger partial charge in [0.05, 0.1) is 0 Å². The first kappa shape index (κ1) is 6.46. The van der Waals surface area contributed by atoms with Crippen molar-refractivity contribution in [3.63, 3.8) is 0 Å². The van der Waals surface area contributed by atoms with Crippen molar-refractivity contribution in [2.75, 3.05) is 12.4 Å². The number of aryl methyl sites for hydroxylation is 1. The Morgan fingerprint density at radius 2 is 2.17 bits per heavy atom. The molecule has 1 saturated carbocycles. The van der Waals surface area contributed by atoms with Gasteiger partial charge in [-0.25, -0.2) is 0 Å². The van der Waals surface area contributed by atoms with Crippen molar-refractivity contribution in [1.82, 2.24) is 14.8 Å². The van der Waals surface area contributed by atoms with E-state index in [9.17, 15) is 0 Å². The van der Waals surface area contributed by atoms with E-state index in [-0.39, 0.29) is 0 Å². The molecule has 1 aliphatic carbocycles. The number of nitrogens with one attached hydrogen (secondary N) is 1. The molecule has 2 aliphatic rings. The molecular weight excluding hydrogens is 152 g/mol. The molecule has 1 N–H and O–H groups in total. The first-order valence-corrected chi connectivity index (χ1v) is 4.48. The van der Waals surface area contributed by atoms with Gasteiger partial charge in [-0.1, -0.05) is 0 Å². The topological polar surface area (TPSA) is 42.7 Å². The molecule has 1 spiro atoms. The average Bonchev–Trinajstić information content (AvgIpc) is 2.59. The van der Waals surface area contributed by atoms with Gasteiger partial charge in [0.1, 0.15) is 5.82 Å². The van der Waals surface area contributed by atoms with Crippen LogP contribution >= 0.6 is 0 Å². The van der Waals surface area contributed by atoms with Crippen LogP contribution in [-0.4, -0.2) is 21.8 Å². The summed E-state index contributed by atoms with van der Waals surface area (Å²) in [5.41, 5.74) is 0.428. The zero-order valence-corrected chi connectivity index (χ0v) is 7.17. The van der Waals surface area contributed by atoms with Crippen molar-refractivity contribution in [3.8, 4) is 0 Å².